The Morgan fingerprint density at radius 3 is 2.22 bits per heavy atom. The molecule has 264 valence electrons. The number of carbonyl (C=O) groups excluding carboxylic acids is 3. The molecule has 4 aromatic rings. The lowest BCUT2D eigenvalue weighted by Gasteiger charge is -2.36. The van der Waals surface area contributed by atoms with Gasteiger partial charge in [-0.3, -0.25) is 20.2 Å². The van der Waals surface area contributed by atoms with E-state index in [-0.39, 0.29) is 38.6 Å². The van der Waals surface area contributed by atoms with Crippen molar-refractivity contribution in [2.24, 2.45) is 11.7 Å². The zero-order valence-electron chi connectivity index (χ0n) is 28.4. The van der Waals surface area contributed by atoms with E-state index in [0.717, 1.165) is 16.0 Å². The number of hydrogen-bond donors (Lipinski definition) is 3. The van der Waals surface area contributed by atoms with Crippen LogP contribution in [0.1, 0.15) is 36.2 Å². The van der Waals surface area contributed by atoms with Crippen molar-refractivity contribution < 1.29 is 33.7 Å². The Bertz CT molecular complexity index is 1630. The number of nitrogens with zero attached hydrogens (tertiary/aromatic N) is 4. The van der Waals surface area contributed by atoms with Crippen LogP contribution in [-0.4, -0.2) is 74.9 Å². The van der Waals surface area contributed by atoms with E-state index in [1.54, 1.807) is 82.0 Å². The minimum Gasteiger partial charge on any atom is -0.497 e. The summed E-state index contributed by atoms with van der Waals surface area (Å²) in [6, 6.07) is 22.8. The van der Waals surface area contributed by atoms with E-state index in [2.05, 4.69) is 15.4 Å². The average Bonchev–Trinajstić information content (AvgIpc) is 3.14. The van der Waals surface area contributed by atoms with Crippen LogP contribution in [0.15, 0.2) is 104 Å². The quantitative estimate of drug-likeness (QED) is 0.144. The second-order valence-corrected chi connectivity index (χ2v) is 12.0. The summed E-state index contributed by atoms with van der Waals surface area (Å²) in [7, 11) is 1.56. The fourth-order valence-electron chi connectivity index (χ4n) is 5.02. The van der Waals surface area contributed by atoms with E-state index < -0.39 is 36.3 Å². The highest BCUT2D eigenvalue weighted by Gasteiger charge is 2.39. The number of ether oxygens (including phenoxy) is 3. The molecule has 13 nitrogen and oxygen atoms in total. The maximum Gasteiger partial charge on any atom is 0.422 e. The summed E-state index contributed by atoms with van der Waals surface area (Å²) in [6.07, 6.45) is 1.66. The molecule has 3 amide bonds. The Kier molecular flexibility index (Phi) is 14.2. The molecule has 50 heavy (non-hydrogen) atoms. The fourth-order valence-corrected chi connectivity index (χ4v) is 5.02. The summed E-state index contributed by atoms with van der Waals surface area (Å²) in [5, 5.41) is 13.4. The summed E-state index contributed by atoms with van der Waals surface area (Å²) < 4.78 is 16.3. The largest absolute Gasteiger partial charge is 0.497 e. The molecule has 0 saturated heterocycles. The number of carbonyl (C=O) groups is 3. The van der Waals surface area contributed by atoms with Gasteiger partial charge in [0.15, 0.2) is 0 Å². The summed E-state index contributed by atoms with van der Waals surface area (Å²) >= 11 is 0. The molecule has 0 radical (unpaired) electrons. The first-order chi connectivity index (χ1) is 24.1. The van der Waals surface area contributed by atoms with Crippen molar-refractivity contribution in [3.05, 3.63) is 126 Å². The number of aliphatic hydroxyl groups is 1. The highest BCUT2D eigenvalue weighted by Crippen LogP contribution is 2.20. The normalized spacial score (nSPS) is 12.9. The van der Waals surface area contributed by atoms with E-state index in [1.165, 1.54) is 5.01 Å². The zero-order valence-corrected chi connectivity index (χ0v) is 28.4. The van der Waals surface area contributed by atoms with Crippen LogP contribution in [0.2, 0.25) is 0 Å². The molecule has 4 N–H and O–H groups in total. The second kappa shape index (κ2) is 19.0. The zero-order chi connectivity index (χ0) is 35.9. The molecule has 0 aliphatic carbocycles. The van der Waals surface area contributed by atoms with Gasteiger partial charge in [-0.05, 0) is 53.8 Å². The minimum atomic E-state index is -1.40. The van der Waals surface area contributed by atoms with Gasteiger partial charge in [-0.15, -0.1) is 0 Å². The van der Waals surface area contributed by atoms with Crippen LogP contribution in [0.5, 0.6) is 5.75 Å². The van der Waals surface area contributed by atoms with Crippen LogP contribution in [0.25, 0.3) is 0 Å². The lowest BCUT2D eigenvalue weighted by molar-refractivity contribution is -0.136. The van der Waals surface area contributed by atoms with Crippen molar-refractivity contribution in [2.75, 3.05) is 13.7 Å². The molecule has 0 saturated carbocycles. The van der Waals surface area contributed by atoms with Crippen molar-refractivity contribution >= 4 is 18.1 Å². The van der Waals surface area contributed by atoms with Gasteiger partial charge in [0.1, 0.15) is 19.0 Å². The third kappa shape index (κ3) is 11.4. The molecule has 0 aliphatic rings. The van der Waals surface area contributed by atoms with Gasteiger partial charge in [0.05, 0.1) is 31.0 Å². The van der Waals surface area contributed by atoms with Gasteiger partial charge in [0.2, 0.25) is 5.91 Å². The summed E-state index contributed by atoms with van der Waals surface area (Å²) in [5.74, 6) is -0.394. The highest BCUT2D eigenvalue weighted by molar-refractivity contribution is 5.95. The number of nitrogens with one attached hydrogen (secondary N) is 1. The van der Waals surface area contributed by atoms with Gasteiger partial charge in [-0.2, -0.15) is 0 Å². The van der Waals surface area contributed by atoms with Crippen LogP contribution in [0.4, 0.5) is 9.59 Å². The monoisotopic (exact) mass is 684 g/mol. The van der Waals surface area contributed by atoms with Gasteiger partial charge in [-0.1, -0.05) is 68.4 Å². The van der Waals surface area contributed by atoms with Crippen molar-refractivity contribution in [3.8, 4) is 5.75 Å². The Labute approximate surface area is 292 Å². The van der Waals surface area contributed by atoms with Crippen molar-refractivity contribution in [3.63, 3.8) is 0 Å². The Balaban J connectivity index is 1.64. The molecular formula is C37H44N6O7. The number of rotatable bonds is 16. The average molecular weight is 685 g/mol. The van der Waals surface area contributed by atoms with Gasteiger partial charge in [-0.25, -0.2) is 19.5 Å². The van der Waals surface area contributed by atoms with Crippen LogP contribution >= 0.6 is 0 Å². The first-order valence-corrected chi connectivity index (χ1v) is 16.2. The van der Waals surface area contributed by atoms with Crippen LogP contribution in [0.3, 0.4) is 0 Å². The SMILES string of the molecule is COc1ccc(CN(C[C@H](O)[C@H](Cc2ccccc2)N(C(=O)OCc2ccccn2)C(=O)[C@@H](N)C(C)C)NC(=O)OCc2cccnc2)cc1. The van der Waals surface area contributed by atoms with E-state index >= 15 is 0 Å². The molecule has 0 spiro atoms. The summed E-state index contributed by atoms with van der Waals surface area (Å²) in [6.45, 7) is 3.19. The molecular weight excluding hydrogens is 640 g/mol. The first-order valence-electron chi connectivity index (χ1n) is 16.2. The molecule has 3 atom stereocenters. The van der Waals surface area contributed by atoms with E-state index in [9.17, 15) is 19.5 Å². The Morgan fingerprint density at radius 2 is 1.58 bits per heavy atom. The number of hydrazine groups is 1. The lowest BCUT2D eigenvalue weighted by Crippen LogP contribution is -2.59. The molecule has 2 aromatic carbocycles. The van der Waals surface area contributed by atoms with E-state index in [4.69, 9.17) is 19.9 Å². The predicted octanol–water partition coefficient (Wildman–Crippen LogP) is 4.25. The van der Waals surface area contributed by atoms with Crippen LogP contribution in [0, 0.1) is 5.92 Å². The van der Waals surface area contributed by atoms with Gasteiger partial charge in [0, 0.05) is 37.2 Å². The van der Waals surface area contributed by atoms with Gasteiger partial charge < -0.3 is 25.1 Å². The molecule has 0 bridgehead atoms. The van der Waals surface area contributed by atoms with Crippen molar-refractivity contribution in [2.45, 2.75) is 58.2 Å². The predicted molar refractivity (Wildman–Crippen MR) is 185 cm³/mol. The van der Waals surface area contributed by atoms with Crippen LogP contribution < -0.4 is 15.9 Å². The number of benzene rings is 2. The number of hydrogen-bond acceptors (Lipinski definition) is 11. The smallest absolute Gasteiger partial charge is 0.422 e. The maximum absolute atomic E-state index is 14.0. The third-order valence-electron chi connectivity index (χ3n) is 7.85. The van der Waals surface area contributed by atoms with E-state index in [1.807, 2.05) is 42.5 Å². The van der Waals surface area contributed by atoms with Gasteiger partial charge in [0.25, 0.3) is 0 Å². The molecule has 2 heterocycles. The maximum atomic E-state index is 14.0. The summed E-state index contributed by atoms with van der Waals surface area (Å²) in [4.78, 5) is 50.0. The highest BCUT2D eigenvalue weighted by atomic mass is 16.6. The lowest BCUT2D eigenvalue weighted by atomic mass is 9.97. The number of pyridine rings is 2. The Morgan fingerprint density at radius 1 is 0.860 bits per heavy atom. The van der Waals surface area contributed by atoms with Crippen molar-refractivity contribution in [1.82, 2.24) is 25.3 Å². The first kappa shape index (κ1) is 37.4. The topological polar surface area (TPSA) is 169 Å². The number of aromatic nitrogens is 2. The molecule has 4 rings (SSSR count). The second-order valence-electron chi connectivity index (χ2n) is 12.0. The third-order valence-corrected chi connectivity index (χ3v) is 7.85. The molecule has 2 aromatic heterocycles. The van der Waals surface area contributed by atoms with Crippen molar-refractivity contribution in [1.29, 1.82) is 0 Å². The molecule has 0 fully saturated rings. The van der Waals surface area contributed by atoms with E-state index in [0.29, 0.717) is 17.0 Å². The number of amides is 3. The number of imide groups is 1. The number of nitrogens with two attached hydrogens (primary N) is 1. The van der Waals surface area contributed by atoms with Gasteiger partial charge >= 0.3 is 12.2 Å². The molecule has 0 aliphatic heterocycles. The number of aliphatic hydroxyl groups excluding tert-OH is 1. The number of methoxy groups -OCH3 is 1. The summed E-state index contributed by atoms with van der Waals surface area (Å²) in [5.41, 5.74) is 11.7. The standard InChI is InChI=1S/C37H44N6O7/c1-26(2)34(38)35(45)43(37(47)50-25-30-13-7-8-19-40-30)32(20-27-10-5-4-6-11-27)33(44)23-42(22-28-14-16-31(48-3)17-15-28)41-36(46)49-24-29-12-9-18-39-21-29/h4-19,21,26,32-34,44H,20,22-25,38H2,1-3H3,(H,41,46)/t32-,33-,34-/m0/s1. The van der Waals surface area contributed by atoms with Crippen LogP contribution in [-0.2, 0) is 40.4 Å². The fraction of sp³-hybridized carbons (Fsp3) is 0.324. The Hall–Kier alpha value is -5.37. The molecule has 0 unspecified atom stereocenters. The minimum absolute atomic E-state index is 0.0350. The molecule has 13 heteroatoms.